The van der Waals surface area contributed by atoms with E-state index in [9.17, 15) is 14.4 Å². The second-order valence-corrected chi connectivity index (χ2v) is 22.4. The fourth-order valence-corrected chi connectivity index (χ4v) is 9.91. The number of allylic oxidation sites excluding steroid dienone is 8. The van der Waals surface area contributed by atoms with E-state index in [4.69, 9.17) is 14.2 Å². The third kappa shape index (κ3) is 62.1. The average molecular weight is 1050 g/mol. The van der Waals surface area contributed by atoms with Gasteiger partial charge in [-0.3, -0.25) is 14.4 Å². The van der Waals surface area contributed by atoms with Gasteiger partial charge in [0, 0.05) is 19.3 Å². The van der Waals surface area contributed by atoms with Gasteiger partial charge in [0.05, 0.1) is 0 Å². The van der Waals surface area contributed by atoms with Crippen molar-refractivity contribution in [2.45, 2.75) is 361 Å². The summed E-state index contributed by atoms with van der Waals surface area (Å²) in [4.78, 5) is 38.2. The molecule has 0 aromatic carbocycles. The lowest BCUT2D eigenvalue weighted by Gasteiger charge is -2.18. The van der Waals surface area contributed by atoms with Crippen molar-refractivity contribution in [1.82, 2.24) is 0 Å². The minimum atomic E-state index is -0.769. The van der Waals surface area contributed by atoms with Crippen LogP contribution in [-0.2, 0) is 28.6 Å². The topological polar surface area (TPSA) is 78.9 Å². The van der Waals surface area contributed by atoms with Crippen LogP contribution in [0.25, 0.3) is 0 Å². The predicted molar refractivity (Wildman–Crippen MR) is 325 cm³/mol. The van der Waals surface area contributed by atoms with Crippen LogP contribution in [0.2, 0.25) is 0 Å². The van der Waals surface area contributed by atoms with Gasteiger partial charge in [0.1, 0.15) is 13.2 Å². The Hall–Kier alpha value is -2.63. The van der Waals surface area contributed by atoms with Gasteiger partial charge in [0.25, 0.3) is 0 Å². The average Bonchev–Trinajstić information content (AvgIpc) is 3.41. The molecule has 0 aliphatic heterocycles. The standard InChI is InChI=1S/C69H126O6/c1-4-7-10-13-16-19-21-23-25-27-29-31-33-34-36-37-39-41-43-45-47-50-53-56-59-62-68(71)74-65-66(64-73-67(70)61-58-55-52-49-18-15-12-9-6-3)75-69(72)63-60-57-54-51-48-46-44-42-40-38-35-32-30-28-26-24-22-20-17-14-11-8-5-2/h7,10,16,19,23,25,29,31,66H,4-6,8-9,11-15,17-18,20-22,24,26-28,30,32-65H2,1-3H3/b10-7-,19-16-,25-23-,31-29-. The summed E-state index contributed by atoms with van der Waals surface area (Å²) in [5.74, 6) is -0.849. The summed E-state index contributed by atoms with van der Waals surface area (Å²) in [7, 11) is 0. The highest BCUT2D eigenvalue weighted by Crippen LogP contribution is 2.18. The number of hydrogen-bond donors (Lipinski definition) is 0. The van der Waals surface area contributed by atoms with Crippen molar-refractivity contribution in [3.63, 3.8) is 0 Å². The molecule has 75 heavy (non-hydrogen) atoms. The number of carbonyl (C=O) groups excluding carboxylic acids is 3. The number of esters is 3. The maximum Gasteiger partial charge on any atom is 0.306 e. The number of ether oxygens (including phenoxy) is 3. The van der Waals surface area contributed by atoms with Gasteiger partial charge in [0.2, 0.25) is 0 Å². The Balaban J connectivity index is 4.15. The van der Waals surface area contributed by atoms with Crippen LogP contribution >= 0.6 is 0 Å². The van der Waals surface area contributed by atoms with Crippen molar-refractivity contribution >= 4 is 17.9 Å². The zero-order chi connectivity index (χ0) is 54.3. The predicted octanol–water partition coefficient (Wildman–Crippen LogP) is 22.6. The van der Waals surface area contributed by atoms with E-state index in [1.54, 1.807) is 0 Å². The van der Waals surface area contributed by atoms with E-state index in [2.05, 4.69) is 69.4 Å². The molecule has 0 saturated carbocycles. The highest BCUT2D eigenvalue weighted by molar-refractivity contribution is 5.71. The molecular formula is C69H126O6. The van der Waals surface area contributed by atoms with Gasteiger partial charge < -0.3 is 14.2 Å². The monoisotopic (exact) mass is 1050 g/mol. The number of rotatable bonds is 61. The van der Waals surface area contributed by atoms with Crippen LogP contribution in [0, 0.1) is 0 Å². The van der Waals surface area contributed by atoms with Gasteiger partial charge >= 0.3 is 17.9 Å². The van der Waals surface area contributed by atoms with Gasteiger partial charge in [-0.2, -0.15) is 0 Å². The first-order valence-corrected chi connectivity index (χ1v) is 33.1. The SMILES string of the molecule is CC/C=C\C/C=C\C/C=C\C/C=C\CCCCCCCCCCCCCCC(=O)OCC(COC(=O)CCCCCCCCCCC)OC(=O)CCCCCCCCCCCCCCCCCCCCCCCCC. The van der Waals surface area contributed by atoms with Crippen LogP contribution in [0.1, 0.15) is 355 Å². The summed E-state index contributed by atoms with van der Waals surface area (Å²) in [6.07, 6.45) is 80.0. The van der Waals surface area contributed by atoms with Crippen LogP contribution in [0.15, 0.2) is 48.6 Å². The maximum absolute atomic E-state index is 12.9. The first-order valence-electron chi connectivity index (χ1n) is 33.1. The largest absolute Gasteiger partial charge is 0.462 e. The summed E-state index contributed by atoms with van der Waals surface area (Å²) in [6.45, 7) is 6.57. The summed E-state index contributed by atoms with van der Waals surface area (Å²) in [5, 5.41) is 0. The summed E-state index contributed by atoms with van der Waals surface area (Å²) in [5.41, 5.74) is 0. The Morgan fingerprint density at radius 3 is 0.813 bits per heavy atom. The lowest BCUT2D eigenvalue weighted by atomic mass is 10.0. The molecule has 0 N–H and O–H groups in total. The maximum atomic E-state index is 12.9. The van der Waals surface area contributed by atoms with Crippen molar-refractivity contribution in [3.8, 4) is 0 Å². The van der Waals surface area contributed by atoms with E-state index >= 15 is 0 Å². The summed E-state index contributed by atoms with van der Waals surface area (Å²) >= 11 is 0. The Morgan fingerprint density at radius 2 is 0.520 bits per heavy atom. The highest BCUT2D eigenvalue weighted by atomic mass is 16.6. The molecule has 0 radical (unpaired) electrons. The second kappa shape index (κ2) is 63.9. The first kappa shape index (κ1) is 72.4. The van der Waals surface area contributed by atoms with Crippen LogP contribution in [0.5, 0.6) is 0 Å². The molecule has 0 rings (SSSR count). The van der Waals surface area contributed by atoms with E-state index in [0.717, 1.165) is 83.5 Å². The smallest absolute Gasteiger partial charge is 0.306 e. The molecule has 1 unspecified atom stereocenters. The molecule has 0 heterocycles. The quantitative estimate of drug-likeness (QED) is 0.0261. The molecular weight excluding hydrogens is 925 g/mol. The number of hydrogen-bond acceptors (Lipinski definition) is 6. The molecule has 0 aliphatic carbocycles. The van der Waals surface area contributed by atoms with Gasteiger partial charge in [0.15, 0.2) is 6.10 Å². The molecule has 0 aromatic heterocycles. The minimum absolute atomic E-state index is 0.0681. The lowest BCUT2D eigenvalue weighted by Crippen LogP contribution is -2.30. The highest BCUT2D eigenvalue weighted by Gasteiger charge is 2.19. The van der Waals surface area contributed by atoms with E-state index in [1.807, 2.05) is 0 Å². The Labute approximate surface area is 467 Å². The van der Waals surface area contributed by atoms with Crippen LogP contribution in [-0.4, -0.2) is 37.2 Å². The van der Waals surface area contributed by atoms with Crippen molar-refractivity contribution in [1.29, 1.82) is 0 Å². The normalized spacial score (nSPS) is 12.3. The van der Waals surface area contributed by atoms with Gasteiger partial charge in [-0.1, -0.05) is 326 Å². The van der Waals surface area contributed by atoms with E-state index in [0.29, 0.717) is 19.3 Å². The molecule has 6 nitrogen and oxygen atoms in total. The van der Waals surface area contributed by atoms with Crippen molar-refractivity contribution in [3.05, 3.63) is 48.6 Å². The molecule has 0 aromatic rings. The van der Waals surface area contributed by atoms with Crippen LogP contribution in [0.3, 0.4) is 0 Å². The molecule has 6 heteroatoms. The Morgan fingerprint density at radius 1 is 0.280 bits per heavy atom. The number of unbranched alkanes of at least 4 members (excludes halogenated alkanes) is 42. The molecule has 0 saturated heterocycles. The molecule has 0 bridgehead atoms. The summed E-state index contributed by atoms with van der Waals surface area (Å²) in [6, 6.07) is 0. The van der Waals surface area contributed by atoms with Crippen molar-refractivity contribution in [2.24, 2.45) is 0 Å². The van der Waals surface area contributed by atoms with Gasteiger partial charge in [-0.25, -0.2) is 0 Å². The van der Waals surface area contributed by atoms with Crippen LogP contribution in [0.4, 0.5) is 0 Å². The minimum Gasteiger partial charge on any atom is -0.462 e. The molecule has 0 fully saturated rings. The molecule has 0 spiro atoms. The molecule has 0 aliphatic rings. The molecule has 438 valence electrons. The van der Waals surface area contributed by atoms with E-state index < -0.39 is 6.10 Å². The fourth-order valence-electron chi connectivity index (χ4n) is 9.91. The Bertz CT molecular complexity index is 1300. The zero-order valence-corrected chi connectivity index (χ0v) is 50.3. The van der Waals surface area contributed by atoms with Gasteiger partial charge in [-0.15, -0.1) is 0 Å². The van der Waals surface area contributed by atoms with Crippen molar-refractivity contribution in [2.75, 3.05) is 13.2 Å². The van der Waals surface area contributed by atoms with Crippen molar-refractivity contribution < 1.29 is 28.6 Å². The molecule has 1 atom stereocenters. The van der Waals surface area contributed by atoms with Crippen LogP contribution < -0.4 is 0 Å². The van der Waals surface area contributed by atoms with Gasteiger partial charge in [-0.05, 0) is 57.8 Å². The third-order valence-electron chi connectivity index (χ3n) is 14.8. The number of carbonyl (C=O) groups is 3. The van der Waals surface area contributed by atoms with E-state index in [1.165, 1.54) is 231 Å². The lowest BCUT2D eigenvalue weighted by molar-refractivity contribution is -0.167. The Kier molecular flexibility index (Phi) is 61.7. The summed E-state index contributed by atoms with van der Waals surface area (Å²) < 4.78 is 16.9. The second-order valence-electron chi connectivity index (χ2n) is 22.4. The first-order chi connectivity index (χ1) is 37.0. The van der Waals surface area contributed by atoms with E-state index in [-0.39, 0.29) is 31.1 Å². The zero-order valence-electron chi connectivity index (χ0n) is 50.3. The fraction of sp³-hybridized carbons (Fsp3) is 0.841. The third-order valence-corrected chi connectivity index (χ3v) is 14.8. The molecule has 0 amide bonds.